The molecule has 0 heterocycles. The van der Waals surface area contributed by atoms with Crippen LogP contribution in [0.2, 0.25) is 0 Å². The van der Waals surface area contributed by atoms with Gasteiger partial charge in [-0.15, -0.1) is 0 Å². The fourth-order valence-electron chi connectivity index (χ4n) is 1.38. The van der Waals surface area contributed by atoms with Gasteiger partial charge >= 0.3 is 7.12 Å². The predicted molar refractivity (Wildman–Crippen MR) is 73.9 cm³/mol. The van der Waals surface area contributed by atoms with E-state index in [1.807, 2.05) is 6.07 Å². The molecular weight excluding hydrogens is 235 g/mol. The van der Waals surface area contributed by atoms with Crippen molar-refractivity contribution < 1.29 is 14.8 Å². The van der Waals surface area contributed by atoms with E-state index in [0.717, 1.165) is 17.1 Å². The van der Waals surface area contributed by atoms with Crippen molar-refractivity contribution in [1.82, 2.24) is 0 Å². The highest BCUT2D eigenvalue weighted by Gasteiger charge is 2.18. The van der Waals surface area contributed by atoms with Crippen molar-refractivity contribution in [2.24, 2.45) is 0 Å². The Morgan fingerprint density at radius 2 is 1.94 bits per heavy atom. The maximum Gasteiger partial charge on any atom is 0.488 e. The summed E-state index contributed by atoms with van der Waals surface area (Å²) in [6.07, 6.45) is 0. The fourth-order valence-corrected chi connectivity index (χ4v) is 2.22. The first-order chi connectivity index (χ1) is 7.83. The summed E-state index contributed by atoms with van der Waals surface area (Å²) in [6.45, 7) is 6.40. The minimum atomic E-state index is -1.43. The van der Waals surface area contributed by atoms with E-state index in [2.05, 4.69) is 20.8 Å². The molecule has 0 saturated carbocycles. The molecule has 0 radical (unpaired) electrons. The Labute approximate surface area is 107 Å². The molecule has 0 aliphatic carbocycles. The monoisotopic (exact) mass is 254 g/mol. The molecule has 0 bridgehead atoms. The third-order valence-electron chi connectivity index (χ3n) is 2.29. The molecule has 0 unspecified atom stereocenters. The van der Waals surface area contributed by atoms with E-state index < -0.39 is 7.12 Å². The van der Waals surface area contributed by atoms with Gasteiger partial charge in [-0.1, -0.05) is 26.8 Å². The Bertz CT molecular complexity index is 375. The average Bonchev–Trinajstić information content (AvgIpc) is 2.24. The number of ether oxygens (including phenoxy) is 1. The van der Waals surface area contributed by atoms with Crippen LogP contribution in [0.25, 0.3) is 0 Å². The summed E-state index contributed by atoms with van der Waals surface area (Å²) in [5.74, 6) is 1.46. The summed E-state index contributed by atoms with van der Waals surface area (Å²) in [6, 6.07) is 5.29. The molecule has 1 aromatic rings. The molecule has 0 amide bonds. The van der Waals surface area contributed by atoms with Crippen molar-refractivity contribution in [1.29, 1.82) is 0 Å². The molecule has 2 N–H and O–H groups in total. The maximum absolute atomic E-state index is 9.30. The molecule has 0 fully saturated rings. The van der Waals surface area contributed by atoms with Gasteiger partial charge in [-0.25, -0.2) is 0 Å². The largest absolute Gasteiger partial charge is 0.497 e. The lowest BCUT2D eigenvalue weighted by molar-refractivity contribution is 0.413. The van der Waals surface area contributed by atoms with Crippen LogP contribution in [0.15, 0.2) is 18.2 Å². The van der Waals surface area contributed by atoms with Crippen LogP contribution in [0.3, 0.4) is 0 Å². The van der Waals surface area contributed by atoms with Crippen molar-refractivity contribution in [2.75, 3.05) is 7.11 Å². The van der Waals surface area contributed by atoms with Gasteiger partial charge in [-0.05, 0) is 23.2 Å². The lowest BCUT2D eigenvalue weighted by Gasteiger charge is -2.19. The Kier molecular flexibility index (Phi) is 4.92. The van der Waals surface area contributed by atoms with Crippen LogP contribution in [0.4, 0.5) is 0 Å². The molecule has 0 aliphatic rings. The van der Waals surface area contributed by atoms with Crippen molar-refractivity contribution in [3.05, 3.63) is 23.8 Å². The molecule has 0 saturated heterocycles. The summed E-state index contributed by atoms with van der Waals surface area (Å²) >= 11 is 1.76. The van der Waals surface area contributed by atoms with Crippen LogP contribution >= 0.6 is 11.8 Å². The van der Waals surface area contributed by atoms with Gasteiger partial charge in [0.1, 0.15) is 5.75 Å². The second-order valence-electron chi connectivity index (χ2n) is 4.84. The lowest BCUT2D eigenvalue weighted by Crippen LogP contribution is -2.33. The molecule has 17 heavy (non-hydrogen) atoms. The Balaban J connectivity index is 2.93. The second-order valence-corrected chi connectivity index (χ2v) is 6.64. The first kappa shape index (κ1) is 14.4. The van der Waals surface area contributed by atoms with Gasteiger partial charge in [-0.3, -0.25) is 0 Å². The number of hydrogen-bond acceptors (Lipinski definition) is 4. The van der Waals surface area contributed by atoms with Crippen molar-refractivity contribution in [3.8, 4) is 5.75 Å². The zero-order chi connectivity index (χ0) is 13.1. The molecule has 94 valence electrons. The van der Waals surface area contributed by atoms with Crippen LogP contribution in [-0.2, 0) is 5.75 Å². The second kappa shape index (κ2) is 5.80. The zero-order valence-corrected chi connectivity index (χ0v) is 11.5. The van der Waals surface area contributed by atoms with Crippen molar-refractivity contribution in [2.45, 2.75) is 31.3 Å². The number of hydrogen-bond donors (Lipinski definition) is 2. The van der Waals surface area contributed by atoms with Crippen LogP contribution in [0.1, 0.15) is 26.3 Å². The summed E-state index contributed by atoms with van der Waals surface area (Å²) in [4.78, 5) is 0. The molecule has 1 rings (SSSR count). The van der Waals surface area contributed by atoms with Gasteiger partial charge in [0.25, 0.3) is 0 Å². The highest BCUT2D eigenvalue weighted by atomic mass is 32.2. The number of benzene rings is 1. The molecule has 5 heteroatoms. The fraction of sp³-hybridized carbons (Fsp3) is 0.500. The van der Waals surface area contributed by atoms with E-state index in [0.29, 0.717) is 5.46 Å². The maximum atomic E-state index is 9.30. The number of rotatable bonds is 4. The average molecular weight is 254 g/mol. The van der Waals surface area contributed by atoms with Crippen LogP contribution in [0, 0.1) is 0 Å². The smallest absolute Gasteiger partial charge is 0.488 e. The lowest BCUT2D eigenvalue weighted by atomic mass is 9.77. The SMILES string of the molecule is COc1ccc(B(O)O)c(CSC(C)(C)C)c1. The van der Waals surface area contributed by atoms with Crippen molar-refractivity contribution in [3.63, 3.8) is 0 Å². The summed E-state index contributed by atoms with van der Waals surface area (Å²) in [5, 5.41) is 18.6. The molecule has 3 nitrogen and oxygen atoms in total. The highest BCUT2D eigenvalue weighted by molar-refractivity contribution is 7.99. The summed E-state index contributed by atoms with van der Waals surface area (Å²) < 4.78 is 5.29. The van der Waals surface area contributed by atoms with E-state index in [-0.39, 0.29) is 4.75 Å². The Morgan fingerprint density at radius 3 is 2.41 bits per heavy atom. The van der Waals surface area contributed by atoms with Gasteiger partial charge in [0, 0.05) is 10.5 Å². The van der Waals surface area contributed by atoms with Gasteiger partial charge in [0.2, 0.25) is 0 Å². The first-order valence-corrected chi connectivity index (χ1v) is 6.49. The third kappa shape index (κ3) is 4.62. The topological polar surface area (TPSA) is 49.7 Å². The minimum absolute atomic E-state index is 0.140. The van der Waals surface area contributed by atoms with Crippen molar-refractivity contribution >= 4 is 24.3 Å². The highest BCUT2D eigenvalue weighted by Crippen LogP contribution is 2.27. The molecule has 1 aromatic carbocycles. The van der Waals surface area contributed by atoms with E-state index in [4.69, 9.17) is 4.74 Å². The molecule has 0 spiro atoms. The standard InChI is InChI=1S/C12H19BO3S/c1-12(2,3)17-8-9-7-10(16-4)5-6-11(9)13(14)15/h5-7,14-15H,8H2,1-4H3. The molecule has 0 aromatic heterocycles. The molecule has 0 atom stereocenters. The normalized spacial score (nSPS) is 11.4. The van der Waals surface area contributed by atoms with E-state index in [9.17, 15) is 10.0 Å². The number of thioether (sulfide) groups is 1. The predicted octanol–water partition coefficient (Wildman–Crippen LogP) is 1.41. The number of methoxy groups -OCH3 is 1. The molecule has 0 aliphatic heterocycles. The van der Waals surface area contributed by atoms with Crippen LogP contribution in [-0.4, -0.2) is 29.0 Å². The minimum Gasteiger partial charge on any atom is -0.497 e. The summed E-state index contributed by atoms with van der Waals surface area (Å²) in [7, 11) is 0.168. The molecular formula is C12H19BO3S. The van der Waals surface area contributed by atoms with Gasteiger partial charge in [-0.2, -0.15) is 11.8 Å². The Hall–Kier alpha value is -0.645. The van der Waals surface area contributed by atoms with Crippen LogP contribution in [0.5, 0.6) is 5.75 Å². The third-order valence-corrected chi connectivity index (χ3v) is 3.61. The van der Waals surface area contributed by atoms with Gasteiger partial charge in [0.15, 0.2) is 0 Å². The van der Waals surface area contributed by atoms with Crippen LogP contribution < -0.4 is 10.2 Å². The first-order valence-electron chi connectivity index (χ1n) is 5.50. The van der Waals surface area contributed by atoms with E-state index in [1.165, 1.54) is 0 Å². The zero-order valence-electron chi connectivity index (χ0n) is 10.7. The quantitative estimate of drug-likeness (QED) is 0.797. The van der Waals surface area contributed by atoms with E-state index >= 15 is 0 Å². The summed E-state index contributed by atoms with van der Waals surface area (Å²) in [5.41, 5.74) is 1.45. The van der Waals surface area contributed by atoms with Gasteiger partial charge < -0.3 is 14.8 Å². The van der Waals surface area contributed by atoms with E-state index in [1.54, 1.807) is 31.0 Å². The Morgan fingerprint density at radius 1 is 1.29 bits per heavy atom. The van der Waals surface area contributed by atoms with Gasteiger partial charge in [0.05, 0.1) is 7.11 Å².